The Morgan fingerprint density at radius 3 is 2.03 bits per heavy atom. The number of aliphatic hydroxyl groups excluding tert-OH is 5. The molecule has 13 N–H and O–H groups in total. The van der Waals surface area contributed by atoms with Gasteiger partial charge in [-0.15, -0.1) is 0 Å². The normalized spacial score (nSPS) is 53.5. The molecule has 200 valence electrons. The highest BCUT2D eigenvalue weighted by atomic mass is 16.7. The number of likely N-dealkylation sites (N-methyl/N-ethyl adjacent to an activating group) is 1. The molecule has 14 heteroatoms. The molecule has 0 aromatic rings. The lowest BCUT2D eigenvalue weighted by Gasteiger charge is -2.49. The molecule has 15 atom stereocenters. The summed E-state index contributed by atoms with van der Waals surface area (Å²) in [6, 6.07) is -3.47. The second-order valence-electron chi connectivity index (χ2n) is 9.82. The first-order valence-electron chi connectivity index (χ1n) is 11.4. The summed E-state index contributed by atoms with van der Waals surface area (Å²) in [5.74, 6) is 0. The molecular weight excluding hydrogens is 456 g/mol. The van der Waals surface area contributed by atoms with Crippen molar-refractivity contribution in [3.05, 3.63) is 0 Å². The van der Waals surface area contributed by atoms with Gasteiger partial charge in [-0.1, -0.05) is 0 Å². The quantitative estimate of drug-likeness (QED) is 0.165. The van der Waals surface area contributed by atoms with E-state index in [-0.39, 0.29) is 13.0 Å². The molecule has 3 rings (SSSR count). The molecule has 3 fully saturated rings. The van der Waals surface area contributed by atoms with Gasteiger partial charge in [-0.25, -0.2) is 0 Å². The van der Waals surface area contributed by atoms with Crippen LogP contribution in [0.2, 0.25) is 0 Å². The van der Waals surface area contributed by atoms with Crippen molar-refractivity contribution in [2.75, 3.05) is 13.7 Å². The third-order valence-corrected chi connectivity index (χ3v) is 6.95. The Labute approximate surface area is 197 Å². The van der Waals surface area contributed by atoms with Crippen molar-refractivity contribution in [1.82, 2.24) is 5.32 Å². The molecule has 0 aromatic carbocycles. The van der Waals surface area contributed by atoms with E-state index in [1.54, 1.807) is 7.05 Å². The maximum absolute atomic E-state index is 11.1. The fourth-order valence-corrected chi connectivity index (χ4v) is 4.95. The molecule has 0 unspecified atom stereocenters. The second-order valence-corrected chi connectivity index (χ2v) is 9.82. The zero-order valence-corrected chi connectivity index (χ0v) is 19.5. The molecule has 0 amide bonds. The molecule has 0 spiro atoms. The molecule has 3 aliphatic rings. The van der Waals surface area contributed by atoms with Crippen molar-refractivity contribution in [3.8, 4) is 0 Å². The standard InChI is InChI=1S/C20H40N4O10/c1-6(25)14-11(27)10(26)9(23)18(32-14)33-15-7(21)4-8(22)16(12(15)28)34-19-13(29)17(24-3)20(2,30)5-31-19/h6-19,24-30H,4-5,21-23H2,1-3H3/t6-,7+,8+,9+,10-,11+,12-,13-,14+,15-,16+,17+,18-,19-,20+/m1/s1. The van der Waals surface area contributed by atoms with Gasteiger partial charge in [0.15, 0.2) is 12.6 Å². The maximum Gasteiger partial charge on any atom is 0.185 e. The molecule has 0 radical (unpaired) electrons. The van der Waals surface area contributed by atoms with Gasteiger partial charge in [0, 0.05) is 12.1 Å². The smallest absolute Gasteiger partial charge is 0.185 e. The molecule has 2 heterocycles. The maximum atomic E-state index is 11.1. The van der Waals surface area contributed by atoms with Gasteiger partial charge in [-0.05, 0) is 27.3 Å². The molecule has 1 saturated carbocycles. The zero-order valence-electron chi connectivity index (χ0n) is 19.5. The topological polar surface area (TPSA) is 248 Å². The van der Waals surface area contributed by atoms with Crippen molar-refractivity contribution in [1.29, 1.82) is 0 Å². The minimum absolute atomic E-state index is 0.135. The van der Waals surface area contributed by atoms with E-state index in [0.29, 0.717) is 0 Å². The van der Waals surface area contributed by atoms with E-state index in [1.807, 2.05) is 0 Å². The van der Waals surface area contributed by atoms with Crippen LogP contribution in [-0.2, 0) is 18.9 Å². The monoisotopic (exact) mass is 496 g/mol. The lowest BCUT2D eigenvalue weighted by molar-refractivity contribution is -0.319. The highest BCUT2D eigenvalue weighted by Crippen LogP contribution is 2.32. The molecule has 0 aromatic heterocycles. The van der Waals surface area contributed by atoms with E-state index in [1.165, 1.54) is 13.8 Å². The molecule has 0 bridgehead atoms. The van der Waals surface area contributed by atoms with Gasteiger partial charge in [-0.3, -0.25) is 0 Å². The van der Waals surface area contributed by atoms with Crippen LogP contribution in [0.5, 0.6) is 0 Å². The third kappa shape index (κ3) is 5.40. The molecule has 2 aliphatic heterocycles. The highest BCUT2D eigenvalue weighted by molar-refractivity contribution is 5.02. The first kappa shape index (κ1) is 28.0. The van der Waals surface area contributed by atoms with Crippen LogP contribution in [0.25, 0.3) is 0 Å². The Kier molecular flexibility index (Phi) is 8.92. The van der Waals surface area contributed by atoms with E-state index < -0.39 is 91.2 Å². The zero-order chi connectivity index (χ0) is 25.5. The summed E-state index contributed by atoms with van der Waals surface area (Å²) in [5.41, 5.74) is 17.0. The van der Waals surface area contributed by atoms with Crippen LogP contribution in [0.15, 0.2) is 0 Å². The van der Waals surface area contributed by atoms with E-state index in [2.05, 4.69) is 5.32 Å². The minimum Gasteiger partial charge on any atom is -0.391 e. The molecule has 14 nitrogen and oxygen atoms in total. The Morgan fingerprint density at radius 2 is 1.50 bits per heavy atom. The van der Waals surface area contributed by atoms with Crippen LogP contribution in [0.1, 0.15) is 20.3 Å². The summed E-state index contributed by atoms with van der Waals surface area (Å²) >= 11 is 0. The fourth-order valence-electron chi connectivity index (χ4n) is 4.95. The van der Waals surface area contributed by atoms with Crippen molar-refractivity contribution >= 4 is 0 Å². The third-order valence-electron chi connectivity index (χ3n) is 6.95. The van der Waals surface area contributed by atoms with Crippen LogP contribution in [0.4, 0.5) is 0 Å². The van der Waals surface area contributed by atoms with Gasteiger partial charge in [-0.2, -0.15) is 0 Å². The second kappa shape index (κ2) is 10.8. The summed E-state index contributed by atoms with van der Waals surface area (Å²) < 4.78 is 22.8. The lowest BCUT2D eigenvalue weighted by Crippen LogP contribution is -2.69. The van der Waals surface area contributed by atoms with Crippen LogP contribution in [-0.4, -0.2) is 135 Å². The van der Waals surface area contributed by atoms with Gasteiger partial charge < -0.3 is 72.1 Å². The number of hydrogen-bond donors (Lipinski definition) is 10. The van der Waals surface area contributed by atoms with Gasteiger partial charge in [0.1, 0.15) is 48.3 Å². The number of aliphatic hydroxyl groups is 6. The first-order chi connectivity index (χ1) is 15.8. The van der Waals surface area contributed by atoms with Gasteiger partial charge in [0.2, 0.25) is 0 Å². The van der Waals surface area contributed by atoms with E-state index >= 15 is 0 Å². The van der Waals surface area contributed by atoms with Crippen LogP contribution in [0, 0.1) is 0 Å². The van der Waals surface area contributed by atoms with Crippen molar-refractivity contribution < 1.29 is 49.6 Å². The number of nitrogens with two attached hydrogens (primary N) is 3. The number of nitrogens with one attached hydrogen (secondary N) is 1. The van der Waals surface area contributed by atoms with Gasteiger partial charge in [0.05, 0.1) is 24.8 Å². The van der Waals surface area contributed by atoms with Gasteiger partial charge in [0.25, 0.3) is 0 Å². The van der Waals surface area contributed by atoms with E-state index in [4.69, 9.17) is 36.1 Å². The SMILES string of the molecule is CN[C@H]1[C@@H](O)[C@@H](O[C@@H]2[C@H](O)[C@H](O[C@H]3O[C@@H]([C@@H](C)O)[C@@H](O)[C@H](O)[C@@H]3N)[C@@H](N)C[C@@H]2N)OC[C@]1(C)O. The van der Waals surface area contributed by atoms with Crippen LogP contribution >= 0.6 is 0 Å². The molecule has 2 saturated heterocycles. The Morgan fingerprint density at radius 1 is 0.941 bits per heavy atom. The van der Waals surface area contributed by atoms with Crippen molar-refractivity contribution in [2.45, 2.75) is 111 Å². The summed E-state index contributed by atoms with van der Waals surface area (Å²) in [6.45, 7) is 2.75. The average molecular weight is 497 g/mol. The predicted octanol–water partition coefficient (Wildman–Crippen LogP) is -5.61. The molecular formula is C20H40N4O10. The number of hydrogen-bond acceptors (Lipinski definition) is 14. The number of ether oxygens (including phenoxy) is 4. The van der Waals surface area contributed by atoms with Crippen LogP contribution < -0.4 is 22.5 Å². The van der Waals surface area contributed by atoms with Crippen molar-refractivity contribution in [3.63, 3.8) is 0 Å². The van der Waals surface area contributed by atoms with E-state index in [9.17, 15) is 30.6 Å². The Hall–Kier alpha value is -0.560. The fraction of sp³-hybridized carbons (Fsp3) is 1.00. The Bertz CT molecular complexity index is 675. The molecule has 34 heavy (non-hydrogen) atoms. The number of rotatable bonds is 6. The first-order valence-corrected chi connectivity index (χ1v) is 11.4. The Balaban J connectivity index is 1.73. The predicted molar refractivity (Wildman–Crippen MR) is 116 cm³/mol. The summed E-state index contributed by atoms with van der Waals surface area (Å²) in [5, 5.41) is 65.2. The summed E-state index contributed by atoms with van der Waals surface area (Å²) in [7, 11) is 1.58. The molecule has 1 aliphatic carbocycles. The van der Waals surface area contributed by atoms with E-state index in [0.717, 1.165) is 0 Å². The lowest BCUT2D eigenvalue weighted by atomic mass is 9.84. The average Bonchev–Trinajstić information content (AvgIpc) is 2.75. The van der Waals surface area contributed by atoms with Gasteiger partial charge >= 0.3 is 0 Å². The highest BCUT2D eigenvalue weighted by Gasteiger charge is 2.52. The van der Waals surface area contributed by atoms with Crippen molar-refractivity contribution in [2.24, 2.45) is 17.2 Å². The van der Waals surface area contributed by atoms with Crippen LogP contribution in [0.3, 0.4) is 0 Å². The minimum atomic E-state index is -1.46. The largest absolute Gasteiger partial charge is 0.391 e. The summed E-state index contributed by atoms with van der Waals surface area (Å²) in [6.07, 6.45) is -12.4. The summed E-state index contributed by atoms with van der Waals surface area (Å²) in [4.78, 5) is 0.